The first-order valence-corrected chi connectivity index (χ1v) is 13.9. The fourth-order valence-electron chi connectivity index (χ4n) is 3.95. The topological polar surface area (TPSA) is 84.9 Å². The molecule has 0 aliphatic rings. The van der Waals surface area contributed by atoms with E-state index in [4.69, 9.17) is 9.47 Å². The number of anilines is 1. The van der Waals surface area contributed by atoms with E-state index in [-0.39, 0.29) is 12.5 Å². The average molecular weight is 519 g/mol. The molecule has 1 N–H and O–H groups in total. The number of carbonyl (C=O) groups is 1. The van der Waals surface area contributed by atoms with Crippen molar-refractivity contribution in [2.75, 3.05) is 30.3 Å². The van der Waals surface area contributed by atoms with Gasteiger partial charge in [0.2, 0.25) is 10.0 Å². The van der Waals surface area contributed by atoms with Crippen LogP contribution in [0.2, 0.25) is 0 Å². The van der Waals surface area contributed by atoms with Crippen molar-refractivity contribution in [2.45, 2.75) is 13.5 Å². The zero-order chi connectivity index (χ0) is 26.3. The van der Waals surface area contributed by atoms with Gasteiger partial charge >= 0.3 is 0 Å². The molecule has 192 valence electrons. The summed E-state index contributed by atoms with van der Waals surface area (Å²) in [6, 6.07) is 27.7. The second-order valence-electron chi connectivity index (χ2n) is 8.48. The number of hydrogen-bond donors (Lipinski definition) is 1. The Morgan fingerprint density at radius 3 is 2.27 bits per heavy atom. The van der Waals surface area contributed by atoms with E-state index in [1.54, 1.807) is 48.5 Å². The molecule has 0 aromatic heterocycles. The Labute approximate surface area is 217 Å². The molecule has 8 heteroatoms. The van der Waals surface area contributed by atoms with Crippen LogP contribution in [0.4, 0.5) is 5.69 Å². The summed E-state index contributed by atoms with van der Waals surface area (Å²) in [4.78, 5) is 12.6. The lowest BCUT2D eigenvalue weighted by atomic mass is 10.1. The molecule has 37 heavy (non-hydrogen) atoms. The normalized spacial score (nSPS) is 11.2. The predicted octanol–water partition coefficient (Wildman–Crippen LogP) is 5.01. The highest BCUT2D eigenvalue weighted by Gasteiger charge is 2.18. The van der Waals surface area contributed by atoms with E-state index in [1.165, 1.54) is 10.6 Å². The number of carbonyl (C=O) groups excluding carboxylic acids is 1. The van der Waals surface area contributed by atoms with Gasteiger partial charge in [-0.15, -0.1) is 0 Å². The fourth-order valence-corrected chi connectivity index (χ4v) is 4.84. The Kier molecular flexibility index (Phi) is 8.30. The van der Waals surface area contributed by atoms with Gasteiger partial charge in [0.25, 0.3) is 5.91 Å². The predicted molar refractivity (Wildman–Crippen MR) is 147 cm³/mol. The van der Waals surface area contributed by atoms with E-state index in [1.807, 2.05) is 49.4 Å². The van der Waals surface area contributed by atoms with E-state index in [0.717, 1.165) is 22.1 Å². The highest BCUT2D eigenvalue weighted by Crippen LogP contribution is 2.25. The van der Waals surface area contributed by atoms with Gasteiger partial charge in [0.05, 0.1) is 31.6 Å². The third-order valence-electron chi connectivity index (χ3n) is 5.77. The summed E-state index contributed by atoms with van der Waals surface area (Å²) in [7, 11) is -3.52. The van der Waals surface area contributed by atoms with Crippen molar-refractivity contribution < 1.29 is 22.7 Å². The Morgan fingerprint density at radius 2 is 1.57 bits per heavy atom. The number of ether oxygens (including phenoxy) is 2. The van der Waals surface area contributed by atoms with Gasteiger partial charge in [0.15, 0.2) is 0 Å². The number of fused-ring (bicyclic) bond motifs is 1. The number of nitrogens with one attached hydrogen (secondary N) is 1. The molecule has 4 aromatic rings. The van der Waals surface area contributed by atoms with Crippen molar-refractivity contribution in [1.29, 1.82) is 0 Å². The molecule has 0 spiro atoms. The van der Waals surface area contributed by atoms with Gasteiger partial charge in [-0.3, -0.25) is 9.10 Å². The Balaban J connectivity index is 1.33. The van der Waals surface area contributed by atoms with Crippen LogP contribution in [0, 0.1) is 0 Å². The van der Waals surface area contributed by atoms with E-state index in [0.29, 0.717) is 36.8 Å². The second kappa shape index (κ2) is 11.8. The molecule has 1 amide bonds. The Hall–Kier alpha value is -4.04. The van der Waals surface area contributed by atoms with E-state index >= 15 is 0 Å². The van der Waals surface area contributed by atoms with Gasteiger partial charge in [-0.25, -0.2) is 8.42 Å². The van der Waals surface area contributed by atoms with Crippen LogP contribution >= 0.6 is 0 Å². The van der Waals surface area contributed by atoms with E-state index < -0.39 is 10.0 Å². The fraction of sp³-hybridized carbons (Fsp3) is 0.207. The molecule has 4 aromatic carbocycles. The van der Waals surface area contributed by atoms with Crippen LogP contribution in [-0.2, 0) is 16.6 Å². The second-order valence-corrected chi connectivity index (χ2v) is 10.4. The van der Waals surface area contributed by atoms with Gasteiger partial charge in [0.1, 0.15) is 18.1 Å². The quantitative estimate of drug-likeness (QED) is 0.282. The van der Waals surface area contributed by atoms with Crippen LogP contribution in [0.25, 0.3) is 10.8 Å². The van der Waals surface area contributed by atoms with Crippen LogP contribution in [0.1, 0.15) is 22.8 Å². The molecule has 7 nitrogen and oxygen atoms in total. The van der Waals surface area contributed by atoms with Gasteiger partial charge < -0.3 is 14.8 Å². The third-order valence-corrected chi connectivity index (χ3v) is 6.91. The smallest absolute Gasteiger partial charge is 0.251 e. The zero-order valence-electron chi connectivity index (χ0n) is 20.9. The standard InChI is InChI=1S/C29H30N2O5S/c1-3-35-26-17-15-25(16-18-26)31(37(2,33)34)21-22-11-13-24(14-12-22)29(32)30-19-20-36-28-10-6-8-23-7-4-5-9-27(23)28/h4-18H,3,19-21H2,1-2H3,(H,30,32). The van der Waals surface area contributed by atoms with Crippen molar-refractivity contribution in [2.24, 2.45) is 0 Å². The number of nitrogens with zero attached hydrogens (tertiary/aromatic N) is 1. The van der Waals surface area contributed by atoms with Gasteiger partial charge in [-0.1, -0.05) is 48.5 Å². The van der Waals surface area contributed by atoms with Gasteiger partial charge in [-0.2, -0.15) is 0 Å². The maximum Gasteiger partial charge on any atom is 0.251 e. The minimum absolute atomic E-state index is 0.146. The summed E-state index contributed by atoms with van der Waals surface area (Å²) in [5.41, 5.74) is 1.79. The number of benzene rings is 4. The van der Waals surface area contributed by atoms with Crippen molar-refractivity contribution in [3.05, 3.63) is 102 Å². The third kappa shape index (κ3) is 6.80. The average Bonchev–Trinajstić information content (AvgIpc) is 2.90. The molecule has 0 saturated carbocycles. The maximum atomic E-state index is 12.6. The molecule has 0 aliphatic heterocycles. The molecule has 0 fully saturated rings. The molecule has 0 atom stereocenters. The summed E-state index contributed by atoms with van der Waals surface area (Å²) in [5, 5.41) is 4.99. The number of sulfonamides is 1. The molecule has 0 radical (unpaired) electrons. The lowest BCUT2D eigenvalue weighted by Gasteiger charge is -2.23. The minimum Gasteiger partial charge on any atom is -0.494 e. The molecule has 0 bridgehead atoms. The minimum atomic E-state index is -3.52. The highest BCUT2D eigenvalue weighted by molar-refractivity contribution is 7.92. The van der Waals surface area contributed by atoms with Gasteiger partial charge in [0, 0.05) is 10.9 Å². The van der Waals surface area contributed by atoms with E-state index in [2.05, 4.69) is 5.32 Å². The summed E-state index contributed by atoms with van der Waals surface area (Å²) < 4.78 is 37.6. The Bertz CT molecular complexity index is 1450. The molecule has 4 rings (SSSR count). The van der Waals surface area contributed by atoms with E-state index in [9.17, 15) is 13.2 Å². The zero-order valence-corrected chi connectivity index (χ0v) is 21.7. The summed E-state index contributed by atoms with van der Waals surface area (Å²) >= 11 is 0. The van der Waals surface area contributed by atoms with Crippen molar-refractivity contribution in [3.63, 3.8) is 0 Å². The van der Waals surface area contributed by atoms with Crippen molar-refractivity contribution in [3.8, 4) is 11.5 Å². The molecular weight excluding hydrogens is 488 g/mol. The molecule has 0 heterocycles. The Morgan fingerprint density at radius 1 is 0.865 bits per heavy atom. The summed E-state index contributed by atoms with van der Waals surface area (Å²) in [6.45, 7) is 3.26. The number of hydrogen-bond acceptors (Lipinski definition) is 5. The van der Waals surface area contributed by atoms with Crippen molar-refractivity contribution >= 4 is 32.4 Å². The summed E-state index contributed by atoms with van der Waals surface area (Å²) in [5.74, 6) is 1.23. The lowest BCUT2D eigenvalue weighted by Crippen LogP contribution is -2.29. The molecule has 0 unspecified atom stereocenters. The van der Waals surface area contributed by atoms with Crippen LogP contribution in [0.3, 0.4) is 0 Å². The lowest BCUT2D eigenvalue weighted by molar-refractivity contribution is 0.0947. The summed E-state index contributed by atoms with van der Waals surface area (Å²) in [6.07, 6.45) is 1.17. The van der Waals surface area contributed by atoms with Crippen LogP contribution in [0.15, 0.2) is 91.0 Å². The monoisotopic (exact) mass is 518 g/mol. The first-order valence-electron chi connectivity index (χ1n) is 12.0. The van der Waals surface area contributed by atoms with Crippen molar-refractivity contribution in [1.82, 2.24) is 5.32 Å². The first-order chi connectivity index (χ1) is 17.8. The SMILES string of the molecule is CCOc1ccc(N(Cc2ccc(C(=O)NCCOc3cccc4ccccc34)cc2)S(C)(=O)=O)cc1. The number of amides is 1. The largest absolute Gasteiger partial charge is 0.494 e. The number of rotatable bonds is 11. The maximum absolute atomic E-state index is 12.6. The van der Waals surface area contributed by atoms with Gasteiger partial charge in [-0.05, 0) is 60.3 Å². The van der Waals surface area contributed by atoms with Crippen LogP contribution < -0.4 is 19.1 Å². The van der Waals surface area contributed by atoms with Crippen LogP contribution in [-0.4, -0.2) is 40.3 Å². The molecule has 0 saturated heterocycles. The molecular formula is C29H30N2O5S. The molecule has 0 aliphatic carbocycles. The first kappa shape index (κ1) is 26.0. The highest BCUT2D eigenvalue weighted by atomic mass is 32.2. The van der Waals surface area contributed by atoms with Crippen LogP contribution in [0.5, 0.6) is 11.5 Å².